The first-order chi connectivity index (χ1) is 10.2. The fraction of sp³-hybridized carbons (Fsp3) is 0.438. The number of benzene rings is 1. The van der Waals surface area contributed by atoms with Crippen molar-refractivity contribution in [2.24, 2.45) is 0 Å². The second-order valence-corrected chi connectivity index (χ2v) is 4.71. The lowest BCUT2D eigenvalue weighted by molar-refractivity contribution is -0.137. The first-order valence-corrected chi connectivity index (χ1v) is 7.01. The van der Waals surface area contributed by atoms with Crippen molar-refractivity contribution in [2.45, 2.75) is 19.4 Å². The zero-order chi connectivity index (χ0) is 15.1. The van der Waals surface area contributed by atoms with Gasteiger partial charge in [-0.25, -0.2) is 9.18 Å². The van der Waals surface area contributed by atoms with Gasteiger partial charge in [0.15, 0.2) is 0 Å². The highest BCUT2D eigenvalue weighted by Crippen LogP contribution is 2.15. The number of hydrogen-bond acceptors (Lipinski definition) is 4. The van der Waals surface area contributed by atoms with E-state index in [1.54, 1.807) is 19.1 Å². The van der Waals surface area contributed by atoms with Gasteiger partial charge in [0.25, 0.3) is 0 Å². The van der Waals surface area contributed by atoms with Crippen molar-refractivity contribution in [2.75, 3.05) is 26.4 Å². The van der Waals surface area contributed by atoms with E-state index in [0.717, 1.165) is 17.7 Å². The second-order valence-electron chi connectivity index (χ2n) is 4.71. The number of rotatable bonds is 8. The highest BCUT2D eigenvalue weighted by molar-refractivity contribution is 5.87. The van der Waals surface area contributed by atoms with E-state index < -0.39 is 5.97 Å². The predicted octanol–water partition coefficient (Wildman–Crippen LogP) is 2.36. The third-order valence-electron chi connectivity index (χ3n) is 3.01. The Kier molecular flexibility index (Phi) is 5.90. The van der Waals surface area contributed by atoms with Crippen molar-refractivity contribution in [3.63, 3.8) is 0 Å². The van der Waals surface area contributed by atoms with Crippen LogP contribution in [0, 0.1) is 5.82 Å². The first-order valence-electron chi connectivity index (χ1n) is 7.01. The maximum atomic E-state index is 13.3. The van der Waals surface area contributed by atoms with Gasteiger partial charge in [-0.05, 0) is 42.7 Å². The molecule has 1 heterocycles. The number of ether oxygens (including phenoxy) is 3. The first kappa shape index (κ1) is 15.7. The van der Waals surface area contributed by atoms with Crippen molar-refractivity contribution in [3.05, 3.63) is 41.2 Å². The molecule has 1 aromatic rings. The molecule has 0 aliphatic carbocycles. The molecule has 114 valence electrons. The van der Waals surface area contributed by atoms with Crippen LogP contribution in [0.1, 0.15) is 18.1 Å². The maximum absolute atomic E-state index is 13.3. The molecule has 1 saturated heterocycles. The third-order valence-corrected chi connectivity index (χ3v) is 3.01. The maximum Gasteiger partial charge on any atom is 0.330 e. The van der Waals surface area contributed by atoms with E-state index in [-0.39, 0.29) is 11.9 Å². The number of halogens is 1. The van der Waals surface area contributed by atoms with Gasteiger partial charge >= 0.3 is 5.97 Å². The van der Waals surface area contributed by atoms with Gasteiger partial charge in [0.1, 0.15) is 11.9 Å². The minimum atomic E-state index is -0.407. The Labute approximate surface area is 123 Å². The molecule has 1 aromatic carbocycles. The lowest BCUT2D eigenvalue weighted by atomic mass is 10.0. The molecule has 0 unspecified atom stereocenters. The fourth-order valence-electron chi connectivity index (χ4n) is 1.86. The van der Waals surface area contributed by atoms with Crippen LogP contribution >= 0.6 is 0 Å². The summed E-state index contributed by atoms with van der Waals surface area (Å²) >= 11 is 0. The lowest BCUT2D eigenvalue weighted by Gasteiger charge is -2.07. The van der Waals surface area contributed by atoms with Crippen molar-refractivity contribution in [3.8, 4) is 0 Å². The Balaban J connectivity index is 1.93. The van der Waals surface area contributed by atoms with Crippen molar-refractivity contribution < 1.29 is 23.4 Å². The van der Waals surface area contributed by atoms with Crippen molar-refractivity contribution in [1.82, 2.24) is 0 Å². The Morgan fingerprint density at radius 1 is 1.52 bits per heavy atom. The van der Waals surface area contributed by atoms with Crippen LogP contribution in [-0.2, 0) is 25.4 Å². The summed E-state index contributed by atoms with van der Waals surface area (Å²) in [6, 6.07) is 4.47. The molecule has 0 N–H and O–H groups in total. The fourth-order valence-corrected chi connectivity index (χ4v) is 1.86. The van der Waals surface area contributed by atoms with Gasteiger partial charge < -0.3 is 14.2 Å². The molecular weight excluding hydrogens is 275 g/mol. The van der Waals surface area contributed by atoms with E-state index in [0.29, 0.717) is 26.2 Å². The summed E-state index contributed by atoms with van der Waals surface area (Å²) in [7, 11) is 0. The number of epoxide rings is 1. The predicted molar refractivity (Wildman–Crippen MR) is 76.3 cm³/mol. The van der Waals surface area contributed by atoms with E-state index in [2.05, 4.69) is 0 Å². The number of esters is 1. The summed E-state index contributed by atoms with van der Waals surface area (Å²) in [5.41, 5.74) is 1.59. The Morgan fingerprint density at radius 2 is 2.33 bits per heavy atom. The van der Waals surface area contributed by atoms with Crippen LogP contribution in [-0.4, -0.2) is 38.5 Å². The molecule has 0 saturated carbocycles. The summed E-state index contributed by atoms with van der Waals surface area (Å²) in [4.78, 5) is 11.3. The second kappa shape index (κ2) is 7.90. The molecule has 0 bridgehead atoms. The van der Waals surface area contributed by atoms with E-state index in [9.17, 15) is 9.18 Å². The molecular formula is C16H19FO4. The molecule has 0 aromatic heterocycles. The van der Waals surface area contributed by atoms with Gasteiger partial charge in [-0.15, -0.1) is 0 Å². The van der Waals surface area contributed by atoms with Crippen molar-refractivity contribution >= 4 is 12.0 Å². The van der Waals surface area contributed by atoms with Crippen LogP contribution in [0.5, 0.6) is 0 Å². The average molecular weight is 294 g/mol. The SMILES string of the molecule is CCOC(=O)C=Cc1ccc(F)cc1CCOC[C@H]1CO1. The summed E-state index contributed by atoms with van der Waals surface area (Å²) in [5, 5.41) is 0. The summed E-state index contributed by atoms with van der Waals surface area (Å²) in [6.07, 6.45) is 3.78. The quantitative estimate of drug-likeness (QED) is 0.320. The third kappa shape index (κ3) is 5.65. The van der Waals surface area contributed by atoms with Crippen LogP contribution in [0.15, 0.2) is 24.3 Å². The molecule has 2 rings (SSSR count). The van der Waals surface area contributed by atoms with Crippen LogP contribution in [0.3, 0.4) is 0 Å². The van der Waals surface area contributed by atoms with E-state index >= 15 is 0 Å². The van der Waals surface area contributed by atoms with Crippen molar-refractivity contribution in [1.29, 1.82) is 0 Å². The molecule has 0 amide bonds. The lowest BCUT2D eigenvalue weighted by Crippen LogP contribution is -2.06. The molecule has 1 fully saturated rings. The van der Waals surface area contributed by atoms with E-state index in [4.69, 9.17) is 14.2 Å². The smallest absolute Gasteiger partial charge is 0.330 e. The standard InChI is InChI=1S/C16H19FO4/c1-2-20-16(18)6-4-12-3-5-14(17)9-13(12)7-8-19-10-15-11-21-15/h3-6,9,15H,2,7-8,10-11H2,1H3/t15-/m0/s1. The van der Waals surface area contributed by atoms with E-state index in [1.165, 1.54) is 18.2 Å². The molecule has 0 radical (unpaired) electrons. The molecule has 1 aliphatic heterocycles. The Bertz CT molecular complexity index is 509. The normalized spacial score (nSPS) is 17.1. The van der Waals surface area contributed by atoms with Gasteiger partial charge in [-0.3, -0.25) is 0 Å². The highest BCUT2D eigenvalue weighted by atomic mass is 19.1. The Morgan fingerprint density at radius 3 is 3.05 bits per heavy atom. The number of hydrogen-bond donors (Lipinski definition) is 0. The number of carbonyl (C=O) groups is 1. The van der Waals surface area contributed by atoms with Gasteiger partial charge in [0, 0.05) is 6.08 Å². The zero-order valence-corrected chi connectivity index (χ0v) is 12.0. The molecule has 0 spiro atoms. The van der Waals surface area contributed by atoms with Crippen LogP contribution in [0.25, 0.3) is 6.08 Å². The average Bonchev–Trinajstić information content (AvgIpc) is 3.27. The largest absolute Gasteiger partial charge is 0.463 e. The molecule has 5 heteroatoms. The van der Waals surface area contributed by atoms with Gasteiger partial charge in [0.05, 0.1) is 26.4 Å². The number of carbonyl (C=O) groups excluding carboxylic acids is 1. The monoisotopic (exact) mass is 294 g/mol. The summed E-state index contributed by atoms with van der Waals surface area (Å²) in [6.45, 7) is 3.90. The molecule has 1 aliphatic rings. The summed E-state index contributed by atoms with van der Waals surface area (Å²) < 4.78 is 28.7. The van der Waals surface area contributed by atoms with Crippen LogP contribution in [0.2, 0.25) is 0 Å². The van der Waals surface area contributed by atoms with E-state index in [1.807, 2.05) is 0 Å². The van der Waals surface area contributed by atoms with Crippen LogP contribution in [0.4, 0.5) is 4.39 Å². The molecule has 1 atom stereocenters. The van der Waals surface area contributed by atoms with Gasteiger partial charge in [-0.1, -0.05) is 6.07 Å². The molecule has 21 heavy (non-hydrogen) atoms. The summed E-state index contributed by atoms with van der Waals surface area (Å²) in [5.74, 6) is -0.710. The highest BCUT2D eigenvalue weighted by Gasteiger charge is 2.22. The Hall–Kier alpha value is -1.72. The minimum Gasteiger partial charge on any atom is -0.463 e. The topological polar surface area (TPSA) is 48.1 Å². The van der Waals surface area contributed by atoms with Crippen LogP contribution < -0.4 is 0 Å². The zero-order valence-electron chi connectivity index (χ0n) is 12.0. The van der Waals surface area contributed by atoms with Gasteiger partial charge in [0.2, 0.25) is 0 Å². The van der Waals surface area contributed by atoms with Gasteiger partial charge in [-0.2, -0.15) is 0 Å². The minimum absolute atomic E-state index is 0.223. The molecule has 4 nitrogen and oxygen atoms in total.